The lowest BCUT2D eigenvalue weighted by Gasteiger charge is -2.10. The molecule has 0 spiro atoms. The Morgan fingerprint density at radius 3 is 2.15 bits per heavy atom. The first-order chi connectivity index (χ1) is 19.6. The van der Waals surface area contributed by atoms with E-state index >= 15 is 0 Å². The lowest BCUT2D eigenvalue weighted by atomic mass is 10.0. The molecular weight excluding hydrogens is 514 g/mol. The summed E-state index contributed by atoms with van der Waals surface area (Å²) in [7, 11) is 1.89. The summed E-state index contributed by atoms with van der Waals surface area (Å²) in [5.74, 6) is 0. The summed E-state index contributed by atoms with van der Waals surface area (Å²) < 4.78 is 5.74. The fourth-order valence-electron chi connectivity index (χ4n) is 4.88. The van der Waals surface area contributed by atoms with Crippen molar-refractivity contribution in [2.75, 3.05) is 0 Å². The highest BCUT2D eigenvalue weighted by Gasteiger charge is 2.17. The van der Waals surface area contributed by atoms with Gasteiger partial charge < -0.3 is 4.57 Å². The van der Waals surface area contributed by atoms with Gasteiger partial charge in [0.1, 0.15) is 0 Å². The van der Waals surface area contributed by atoms with Crippen LogP contribution in [0.1, 0.15) is 11.4 Å². The van der Waals surface area contributed by atoms with Crippen LogP contribution in [0.25, 0.3) is 28.1 Å². The molecule has 6 aromatic rings. The molecule has 0 N–H and O–H groups in total. The topological polar surface area (TPSA) is 57.1 Å². The normalized spacial score (nSPS) is 11.7. The van der Waals surface area contributed by atoms with Crippen molar-refractivity contribution in [1.29, 1.82) is 0 Å². The number of pyridine rings is 1. The number of hydrogen-bond donors (Lipinski definition) is 0. The molecule has 0 fully saturated rings. The van der Waals surface area contributed by atoms with E-state index in [0.717, 1.165) is 39.6 Å². The van der Waals surface area contributed by atoms with Crippen molar-refractivity contribution in [3.8, 4) is 28.1 Å². The van der Waals surface area contributed by atoms with Crippen LogP contribution >= 0.6 is 11.3 Å². The number of aryl methyl sites for hydroxylation is 1. The molecular formula is C33H29N5OS. The third-order valence-corrected chi connectivity index (χ3v) is 8.00. The van der Waals surface area contributed by atoms with Crippen LogP contribution in [-0.2, 0) is 20.0 Å². The molecule has 6 rings (SSSR count). The molecule has 0 saturated carbocycles. The summed E-state index contributed by atoms with van der Waals surface area (Å²) in [6, 6.07) is 34.6. The van der Waals surface area contributed by atoms with Crippen molar-refractivity contribution in [1.82, 2.24) is 18.9 Å². The summed E-state index contributed by atoms with van der Waals surface area (Å²) in [6.07, 6.45) is 2.57. The van der Waals surface area contributed by atoms with Gasteiger partial charge in [-0.05, 0) is 47.9 Å². The average Bonchev–Trinajstić information content (AvgIpc) is 3.51. The maximum atomic E-state index is 13.6. The van der Waals surface area contributed by atoms with Gasteiger partial charge in [-0.3, -0.25) is 14.5 Å². The fraction of sp³-hybridized carbons (Fsp3) is 0.121. The summed E-state index contributed by atoms with van der Waals surface area (Å²) in [5.41, 5.74) is 7.48. The average molecular weight is 544 g/mol. The number of nitrogens with zero attached hydrogens (tertiary/aromatic N) is 5. The van der Waals surface area contributed by atoms with Gasteiger partial charge >= 0.3 is 0 Å². The van der Waals surface area contributed by atoms with E-state index < -0.39 is 0 Å². The second-order valence-electron chi connectivity index (χ2n) is 9.59. The quantitative estimate of drug-likeness (QED) is 0.229. The van der Waals surface area contributed by atoms with E-state index in [4.69, 9.17) is 4.99 Å². The Kier molecular flexibility index (Phi) is 7.12. The van der Waals surface area contributed by atoms with Crippen molar-refractivity contribution in [2.24, 2.45) is 12.0 Å². The largest absolute Gasteiger partial charge is 0.316 e. The molecule has 0 radical (unpaired) electrons. The van der Waals surface area contributed by atoms with Crippen LogP contribution in [0.4, 0.5) is 5.69 Å². The van der Waals surface area contributed by atoms with E-state index in [1.54, 1.807) is 16.0 Å². The predicted octanol–water partition coefficient (Wildman–Crippen LogP) is 6.55. The highest BCUT2D eigenvalue weighted by molar-refractivity contribution is 7.07. The fourth-order valence-corrected chi connectivity index (χ4v) is 5.82. The molecule has 3 heterocycles. The molecule has 0 unspecified atom stereocenters. The van der Waals surface area contributed by atoms with Crippen molar-refractivity contribution in [3.05, 3.63) is 141 Å². The van der Waals surface area contributed by atoms with Gasteiger partial charge in [-0.2, -0.15) is 0 Å². The van der Waals surface area contributed by atoms with Crippen molar-refractivity contribution < 1.29 is 0 Å². The van der Waals surface area contributed by atoms with Crippen molar-refractivity contribution in [3.63, 3.8) is 0 Å². The maximum Gasteiger partial charge on any atom is 0.297 e. The van der Waals surface area contributed by atoms with Gasteiger partial charge in [-0.1, -0.05) is 78.9 Å². The van der Waals surface area contributed by atoms with Crippen LogP contribution in [0.15, 0.2) is 124 Å². The molecule has 0 aliphatic heterocycles. The van der Waals surface area contributed by atoms with Gasteiger partial charge in [0, 0.05) is 37.3 Å². The van der Waals surface area contributed by atoms with Gasteiger partial charge in [0.25, 0.3) is 5.56 Å². The van der Waals surface area contributed by atoms with Gasteiger partial charge in [0.15, 0.2) is 10.5 Å². The zero-order valence-corrected chi connectivity index (χ0v) is 23.3. The third kappa shape index (κ3) is 4.99. The number of aromatic nitrogens is 4. The zero-order valence-electron chi connectivity index (χ0n) is 22.4. The molecule has 0 aliphatic carbocycles. The molecule has 0 bridgehead atoms. The Morgan fingerprint density at radius 1 is 0.800 bits per heavy atom. The van der Waals surface area contributed by atoms with E-state index in [1.807, 2.05) is 79.4 Å². The monoisotopic (exact) mass is 543 g/mol. The maximum absolute atomic E-state index is 13.6. The molecule has 0 aliphatic rings. The molecule has 3 aromatic heterocycles. The second kappa shape index (κ2) is 11.2. The Hall–Kier alpha value is -4.75. The SMILES string of the molecule is Cc1c(N=c2scc(-c3ccc(-c4ccccc4)cc3)n2CCc2ccccn2)c(=O)n(-c2ccccc2)n1C. The van der Waals surface area contributed by atoms with Gasteiger partial charge in [-0.25, -0.2) is 9.67 Å². The highest BCUT2D eigenvalue weighted by Crippen LogP contribution is 2.26. The lowest BCUT2D eigenvalue weighted by Crippen LogP contribution is -2.20. The van der Waals surface area contributed by atoms with Crippen molar-refractivity contribution >= 4 is 17.0 Å². The highest BCUT2D eigenvalue weighted by atomic mass is 32.1. The molecule has 6 nitrogen and oxygen atoms in total. The Balaban J connectivity index is 1.44. The predicted molar refractivity (Wildman–Crippen MR) is 162 cm³/mol. The van der Waals surface area contributed by atoms with E-state index in [-0.39, 0.29) is 5.56 Å². The number of para-hydroxylation sites is 1. The van der Waals surface area contributed by atoms with E-state index in [0.29, 0.717) is 12.2 Å². The summed E-state index contributed by atoms with van der Waals surface area (Å²) in [4.78, 5) is 23.9. The van der Waals surface area contributed by atoms with Crippen LogP contribution in [0, 0.1) is 6.92 Å². The smallest absolute Gasteiger partial charge is 0.297 e. The Labute approximate surface area is 236 Å². The summed E-state index contributed by atoms with van der Waals surface area (Å²) in [5, 5.41) is 2.13. The van der Waals surface area contributed by atoms with Crippen LogP contribution < -0.4 is 10.4 Å². The molecule has 198 valence electrons. The number of rotatable bonds is 7. The van der Waals surface area contributed by atoms with Crippen LogP contribution in [-0.4, -0.2) is 18.9 Å². The molecule has 0 saturated heterocycles. The molecule has 7 heteroatoms. The number of thiazole rings is 1. The number of hydrogen-bond acceptors (Lipinski definition) is 4. The third-order valence-electron chi connectivity index (χ3n) is 7.13. The molecule has 0 atom stereocenters. The lowest BCUT2D eigenvalue weighted by molar-refractivity contribution is 0.630. The Morgan fingerprint density at radius 2 is 1.45 bits per heavy atom. The molecule has 0 amide bonds. The van der Waals surface area contributed by atoms with E-state index in [9.17, 15) is 4.79 Å². The van der Waals surface area contributed by atoms with Gasteiger partial charge in [-0.15, -0.1) is 11.3 Å². The minimum absolute atomic E-state index is 0.135. The first-order valence-electron chi connectivity index (χ1n) is 13.2. The standard InChI is InChI=1S/C33H29N5OS/c1-24-31(32(39)38(36(24)2)29-14-7-4-8-15-29)35-33-37(22-20-28-13-9-10-21-34-28)30(23-40-33)27-18-16-26(17-19-27)25-11-5-3-6-12-25/h3-19,21,23H,20,22H2,1-2H3. The number of benzene rings is 3. The molecule has 40 heavy (non-hydrogen) atoms. The summed E-state index contributed by atoms with van der Waals surface area (Å²) >= 11 is 1.55. The van der Waals surface area contributed by atoms with Crippen LogP contribution in [0.2, 0.25) is 0 Å². The van der Waals surface area contributed by atoms with Crippen molar-refractivity contribution in [2.45, 2.75) is 19.9 Å². The second-order valence-corrected chi connectivity index (χ2v) is 10.4. The minimum atomic E-state index is -0.135. The molecule has 3 aromatic carbocycles. The first-order valence-corrected chi connectivity index (χ1v) is 14.1. The van der Waals surface area contributed by atoms with Crippen LogP contribution in [0.3, 0.4) is 0 Å². The van der Waals surface area contributed by atoms with Gasteiger partial charge in [0.05, 0.1) is 17.1 Å². The Bertz CT molecular complexity index is 1860. The zero-order chi connectivity index (χ0) is 27.5. The van der Waals surface area contributed by atoms with E-state index in [2.05, 4.69) is 63.5 Å². The summed E-state index contributed by atoms with van der Waals surface area (Å²) in [6.45, 7) is 2.63. The van der Waals surface area contributed by atoms with Gasteiger partial charge in [0.2, 0.25) is 0 Å². The minimum Gasteiger partial charge on any atom is -0.316 e. The van der Waals surface area contributed by atoms with Crippen LogP contribution in [0.5, 0.6) is 0 Å². The first kappa shape index (κ1) is 25.5. The van der Waals surface area contributed by atoms with E-state index in [1.165, 1.54) is 11.1 Å².